The third-order valence-electron chi connectivity index (χ3n) is 3.40. The average Bonchev–Trinajstić information content (AvgIpc) is 2.54. The Morgan fingerprint density at radius 3 is 2.58 bits per heavy atom. The Bertz CT molecular complexity index is 733. The summed E-state index contributed by atoms with van der Waals surface area (Å²) >= 11 is 0. The number of pyridine rings is 2. The summed E-state index contributed by atoms with van der Waals surface area (Å²) in [5, 5.41) is 8.77. The van der Waals surface area contributed by atoms with Crippen molar-refractivity contribution in [2.75, 3.05) is 12.3 Å². The first kappa shape index (κ1) is 17.9. The topological polar surface area (TPSA) is 89.1 Å². The number of rotatable bonds is 6. The minimum Gasteiger partial charge on any atom is -0.396 e. The van der Waals surface area contributed by atoms with Crippen LogP contribution >= 0.6 is 0 Å². The van der Waals surface area contributed by atoms with Gasteiger partial charge in [0.1, 0.15) is 11.5 Å². The van der Waals surface area contributed by atoms with Gasteiger partial charge in [-0.1, -0.05) is 0 Å². The number of aromatic nitrogens is 2. The number of nitrogens with two attached hydrogens (primary N) is 1. The molecule has 0 aliphatic rings. The van der Waals surface area contributed by atoms with Crippen LogP contribution in [0.5, 0.6) is 0 Å². The number of nitrogen functional groups attached to an aromatic ring is 1. The highest BCUT2D eigenvalue weighted by molar-refractivity contribution is 6.11. The largest absolute Gasteiger partial charge is 0.418 e. The van der Waals surface area contributed by atoms with Crippen LogP contribution in [0.4, 0.5) is 19.0 Å². The lowest BCUT2D eigenvalue weighted by molar-refractivity contribution is -0.138. The van der Waals surface area contributed by atoms with Crippen molar-refractivity contribution in [3.63, 3.8) is 0 Å². The van der Waals surface area contributed by atoms with Crippen LogP contribution in [0.2, 0.25) is 0 Å². The molecule has 0 aliphatic heterocycles. The van der Waals surface area contributed by atoms with Crippen molar-refractivity contribution < 1.29 is 23.1 Å². The smallest absolute Gasteiger partial charge is 0.396 e. The fraction of sp³-hybridized carbons (Fsp3) is 0.312. The van der Waals surface area contributed by atoms with E-state index in [1.165, 1.54) is 24.4 Å². The van der Waals surface area contributed by atoms with Crippen LogP contribution in [0.3, 0.4) is 0 Å². The number of aryl methyl sites for hydroxylation is 1. The normalized spacial score (nSPS) is 11.5. The zero-order valence-corrected chi connectivity index (χ0v) is 12.7. The molecule has 128 valence electrons. The van der Waals surface area contributed by atoms with Crippen LogP contribution < -0.4 is 5.73 Å². The van der Waals surface area contributed by atoms with Crippen LogP contribution in [-0.4, -0.2) is 27.5 Å². The Labute approximate surface area is 136 Å². The van der Waals surface area contributed by atoms with Gasteiger partial charge in [-0.15, -0.1) is 0 Å². The van der Waals surface area contributed by atoms with Gasteiger partial charge < -0.3 is 10.8 Å². The number of hydrogen-bond acceptors (Lipinski definition) is 5. The summed E-state index contributed by atoms with van der Waals surface area (Å²) in [6, 6.07) is 4.82. The van der Waals surface area contributed by atoms with Crippen molar-refractivity contribution in [3.05, 3.63) is 53.0 Å². The standard InChI is InChI=1S/C16H16F3N3O2/c17-16(18,19)12-7-6-10(4-1-2-9-23)22-13(12)14(24)11-5-3-8-21-15(11)20/h3,5-8,23H,1-2,4,9H2,(H2,20,21). The minimum absolute atomic E-state index is 0.0152. The number of halogens is 3. The van der Waals surface area contributed by atoms with E-state index in [9.17, 15) is 18.0 Å². The third kappa shape index (κ3) is 4.08. The molecule has 24 heavy (non-hydrogen) atoms. The molecule has 2 aromatic rings. The van der Waals surface area contributed by atoms with E-state index in [1.54, 1.807) is 0 Å². The molecule has 3 N–H and O–H groups in total. The number of aliphatic hydroxyl groups excluding tert-OH is 1. The number of nitrogens with zero attached hydrogens (tertiary/aromatic N) is 2. The Hall–Kier alpha value is -2.48. The number of anilines is 1. The molecule has 0 aromatic carbocycles. The predicted octanol–water partition coefficient (Wildman–Crippen LogP) is 2.62. The molecule has 0 aliphatic carbocycles. The lowest BCUT2D eigenvalue weighted by Gasteiger charge is -2.13. The second-order valence-electron chi connectivity index (χ2n) is 5.14. The third-order valence-corrected chi connectivity index (χ3v) is 3.40. The van der Waals surface area contributed by atoms with Crippen LogP contribution in [0, 0.1) is 0 Å². The van der Waals surface area contributed by atoms with E-state index in [0.29, 0.717) is 25.0 Å². The summed E-state index contributed by atoms with van der Waals surface area (Å²) < 4.78 is 39.6. The highest BCUT2D eigenvalue weighted by atomic mass is 19.4. The van der Waals surface area contributed by atoms with Crippen molar-refractivity contribution >= 4 is 11.6 Å². The monoisotopic (exact) mass is 339 g/mol. The maximum atomic E-state index is 13.2. The van der Waals surface area contributed by atoms with Crippen LogP contribution in [0.15, 0.2) is 30.5 Å². The first-order valence-electron chi connectivity index (χ1n) is 7.27. The van der Waals surface area contributed by atoms with Crippen molar-refractivity contribution in [1.29, 1.82) is 0 Å². The maximum Gasteiger partial charge on any atom is 0.418 e. The molecule has 0 fully saturated rings. The molecule has 2 aromatic heterocycles. The van der Waals surface area contributed by atoms with Gasteiger partial charge in [0.2, 0.25) is 5.78 Å². The number of carbonyl (C=O) groups excluding carboxylic acids is 1. The van der Waals surface area contributed by atoms with Gasteiger partial charge in [0.05, 0.1) is 11.1 Å². The van der Waals surface area contributed by atoms with Gasteiger partial charge in [0.15, 0.2) is 0 Å². The second-order valence-corrected chi connectivity index (χ2v) is 5.14. The molecule has 2 heterocycles. The van der Waals surface area contributed by atoms with Gasteiger partial charge in [-0.25, -0.2) is 9.97 Å². The first-order chi connectivity index (χ1) is 11.3. The lowest BCUT2D eigenvalue weighted by atomic mass is 10.0. The minimum atomic E-state index is -4.71. The summed E-state index contributed by atoms with van der Waals surface area (Å²) in [6.45, 7) is -0.0152. The van der Waals surface area contributed by atoms with E-state index in [4.69, 9.17) is 10.8 Å². The molecule has 0 saturated heterocycles. The van der Waals surface area contributed by atoms with Crippen LogP contribution in [0.1, 0.15) is 40.2 Å². The number of unbranched alkanes of at least 4 members (excludes halogenated alkanes) is 1. The zero-order chi connectivity index (χ0) is 17.7. The van der Waals surface area contributed by atoms with Crippen molar-refractivity contribution in [1.82, 2.24) is 9.97 Å². The Balaban J connectivity index is 2.46. The van der Waals surface area contributed by atoms with Gasteiger partial charge in [-0.05, 0) is 43.5 Å². The SMILES string of the molecule is Nc1ncccc1C(=O)c1nc(CCCCO)ccc1C(F)(F)F. The average molecular weight is 339 g/mol. The van der Waals surface area contributed by atoms with E-state index in [2.05, 4.69) is 9.97 Å². The van der Waals surface area contributed by atoms with E-state index >= 15 is 0 Å². The molecule has 0 bridgehead atoms. The number of alkyl halides is 3. The summed E-state index contributed by atoms with van der Waals surface area (Å²) in [5.74, 6) is -1.07. The fourth-order valence-electron chi connectivity index (χ4n) is 2.20. The molecule has 0 unspecified atom stereocenters. The fourth-order valence-corrected chi connectivity index (χ4v) is 2.20. The molecule has 0 radical (unpaired) electrons. The molecule has 8 heteroatoms. The molecule has 0 spiro atoms. The van der Waals surface area contributed by atoms with E-state index in [1.807, 2.05) is 0 Å². The van der Waals surface area contributed by atoms with E-state index in [0.717, 1.165) is 6.07 Å². The van der Waals surface area contributed by atoms with Crippen LogP contribution in [0.25, 0.3) is 0 Å². The zero-order valence-electron chi connectivity index (χ0n) is 12.7. The first-order valence-corrected chi connectivity index (χ1v) is 7.27. The van der Waals surface area contributed by atoms with Gasteiger partial charge in [0.25, 0.3) is 0 Å². The summed E-state index contributed by atoms with van der Waals surface area (Å²) in [6.07, 6.45) is -1.95. The molecule has 0 amide bonds. The molecule has 0 atom stereocenters. The Morgan fingerprint density at radius 1 is 1.21 bits per heavy atom. The van der Waals surface area contributed by atoms with Crippen molar-refractivity contribution in [2.24, 2.45) is 0 Å². The molecular weight excluding hydrogens is 323 g/mol. The van der Waals surface area contributed by atoms with E-state index in [-0.39, 0.29) is 18.0 Å². The van der Waals surface area contributed by atoms with E-state index < -0.39 is 23.2 Å². The molecule has 2 rings (SSSR count). The second kappa shape index (κ2) is 7.39. The summed E-state index contributed by atoms with van der Waals surface area (Å²) in [5.41, 5.74) is 4.01. The van der Waals surface area contributed by atoms with Crippen molar-refractivity contribution in [3.8, 4) is 0 Å². The van der Waals surface area contributed by atoms with Gasteiger partial charge in [-0.2, -0.15) is 13.2 Å². The van der Waals surface area contributed by atoms with Gasteiger partial charge in [-0.3, -0.25) is 4.79 Å². The number of ketones is 1. The lowest BCUT2D eigenvalue weighted by Crippen LogP contribution is -2.18. The maximum absolute atomic E-state index is 13.2. The number of hydrogen-bond donors (Lipinski definition) is 2. The molecule has 5 nitrogen and oxygen atoms in total. The van der Waals surface area contributed by atoms with Crippen LogP contribution in [-0.2, 0) is 12.6 Å². The highest BCUT2D eigenvalue weighted by Crippen LogP contribution is 2.33. The van der Waals surface area contributed by atoms with Gasteiger partial charge >= 0.3 is 6.18 Å². The Morgan fingerprint density at radius 2 is 1.96 bits per heavy atom. The summed E-state index contributed by atoms with van der Waals surface area (Å²) in [7, 11) is 0. The van der Waals surface area contributed by atoms with Gasteiger partial charge in [0, 0.05) is 18.5 Å². The Kier molecular flexibility index (Phi) is 5.50. The highest BCUT2D eigenvalue weighted by Gasteiger charge is 2.37. The van der Waals surface area contributed by atoms with Crippen molar-refractivity contribution in [2.45, 2.75) is 25.4 Å². The molecular formula is C16H16F3N3O2. The quantitative estimate of drug-likeness (QED) is 0.624. The molecule has 0 saturated carbocycles. The summed E-state index contributed by atoms with van der Waals surface area (Å²) in [4.78, 5) is 20.1. The number of carbonyl (C=O) groups is 1. The number of aliphatic hydroxyl groups is 1. The predicted molar refractivity (Wildman–Crippen MR) is 81.3 cm³/mol.